The van der Waals surface area contributed by atoms with Crippen LogP contribution in [0.2, 0.25) is 0 Å². The first-order chi connectivity index (χ1) is 6.65. The average molecular weight is 257 g/mol. The smallest absolute Gasteiger partial charge is 0.408 e. The average Bonchev–Trinajstić information content (AvgIpc) is 2.42. The number of aromatic amines is 1. The highest BCUT2D eigenvalue weighted by molar-refractivity contribution is 9.18. The fourth-order valence-electron chi connectivity index (χ4n) is 1.14. The maximum absolute atomic E-state index is 10.8. The zero-order valence-corrected chi connectivity index (χ0v) is 8.42. The molecule has 0 spiro atoms. The molecule has 2 rings (SSSR count). The predicted molar refractivity (Wildman–Crippen MR) is 54.8 cm³/mol. The highest BCUT2D eigenvalue weighted by atomic mass is 79.9. The Morgan fingerprint density at radius 2 is 2.29 bits per heavy atom. The van der Waals surface area contributed by atoms with Gasteiger partial charge in [0.1, 0.15) is 0 Å². The Morgan fingerprint density at radius 1 is 1.50 bits per heavy atom. The van der Waals surface area contributed by atoms with Gasteiger partial charge in [-0.25, -0.2) is 4.79 Å². The molecular formula is C8H5BrN2O3. The Hall–Kier alpha value is -1.56. The molecule has 0 saturated carbocycles. The van der Waals surface area contributed by atoms with E-state index in [2.05, 4.69) is 26.2 Å². The van der Waals surface area contributed by atoms with Gasteiger partial charge in [0.2, 0.25) is 0 Å². The number of aromatic nitrogens is 1. The van der Waals surface area contributed by atoms with E-state index >= 15 is 0 Å². The number of halogens is 1. The van der Waals surface area contributed by atoms with E-state index in [1.807, 2.05) is 0 Å². The number of amides is 1. The van der Waals surface area contributed by atoms with Crippen molar-refractivity contribution in [3.63, 3.8) is 0 Å². The maximum atomic E-state index is 10.8. The third-order valence-corrected chi connectivity index (χ3v) is 1.86. The first kappa shape index (κ1) is 9.01. The minimum absolute atomic E-state index is 0.352. The van der Waals surface area contributed by atoms with Crippen molar-refractivity contribution in [1.29, 1.82) is 0 Å². The third-order valence-electron chi connectivity index (χ3n) is 1.66. The van der Waals surface area contributed by atoms with Crippen LogP contribution >= 0.6 is 15.9 Å². The number of fused-ring (bicyclic) bond motifs is 1. The van der Waals surface area contributed by atoms with Gasteiger partial charge in [0, 0.05) is 27.7 Å². The summed E-state index contributed by atoms with van der Waals surface area (Å²) in [5, 5.41) is 2.51. The second-order valence-electron chi connectivity index (χ2n) is 2.62. The fraction of sp³-hybridized carbons (Fsp3) is 0. The second-order valence-corrected chi connectivity index (χ2v) is 3.34. The number of benzene rings is 1. The molecule has 0 atom stereocenters. The molecule has 1 amide bonds. The number of oxazole rings is 1. The van der Waals surface area contributed by atoms with Crippen molar-refractivity contribution < 1.29 is 9.21 Å². The molecule has 0 fully saturated rings. The lowest BCUT2D eigenvalue weighted by Gasteiger charge is -1.98. The van der Waals surface area contributed by atoms with E-state index in [-0.39, 0.29) is 4.82 Å². The number of rotatable bonds is 1. The lowest BCUT2D eigenvalue weighted by molar-refractivity contribution is 0.270. The van der Waals surface area contributed by atoms with Crippen LogP contribution in [0.5, 0.6) is 0 Å². The van der Waals surface area contributed by atoms with Crippen molar-refractivity contribution in [2.75, 3.05) is 5.32 Å². The fourth-order valence-corrected chi connectivity index (χ4v) is 1.37. The molecular weight excluding hydrogens is 252 g/mol. The Balaban J connectivity index is 2.50. The molecule has 0 aliphatic carbocycles. The van der Waals surface area contributed by atoms with Crippen LogP contribution in [0, 0.1) is 0 Å². The van der Waals surface area contributed by atoms with Gasteiger partial charge < -0.3 is 9.73 Å². The summed E-state index contributed by atoms with van der Waals surface area (Å²) in [7, 11) is 0. The predicted octanol–water partition coefficient (Wildman–Crippen LogP) is 2.05. The minimum atomic E-state index is -0.512. The summed E-state index contributed by atoms with van der Waals surface area (Å²) in [5.74, 6) is -0.512. The molecule has 1 aromatic carbocycles. The normalized spacial score (nSPS) is 10.4. The van der Waals surface area contributed by atoms with Crippen molar-refractivity contribution >= 4 is 37.5 Å². The molecule has 0 saturated heterocycles. The molecule has 0 unspecified atom stereocenters. The van der Waals surface area contributed by atoms with E-state index in [0.29, 0.717) is 16.8 Å². The third kappa shape index (κ3) is 1.69. The van der Waals surface area contributed by atoms with Crippen LogP contribution in [0.3, 0.4) is 0 Å². The van der Waals surface area contributed by atoms with E-state index in [9.17, 15) is 9.59 Å². The number of hydrogen-bond donors (Lipinski definition) is 2. The lowest BCUT2D eigenvalue weighted by atomic mass is 10.3. The molecule has 2 N–H and O–H groups in total. The number of hydrogen-bond acceptors (Lipinski definition) is 3. The van der Waals surface area contributed by atoms with Gasteiger partial charge in [-0.15, -0.1) is 0 Å². The number of anilines is 1. The zero-order valence-electron chi connectivity index (χ0n) is 6.83. The van der Waals surface area contributed by atoms with Gasteiger partial charge in [-0.1, -0.05) is 0 Å². The first-order valence-electron chi connectivity index (χ1n) is 3.74. The van der Waals surface area contributed by atoms with E-state index in [1.165, 1.54) is 0 Å². The Labute approximate surface area is 86.2 Å². The number of carbonyl (C=O) groups excluding carboxylic acids is 1. The summed E-state index contributed by atoms with van der Waals surface area (Å²) in [6.45, 7) is 0. The van der Waals surface area contributed by atoms with Gasteiger partial charge >= 0.3 is 5.76 Å². The van der Waals surface area contributed by atoms with E-state index in [0.717, 1.165) is 0 Å². The Kier molecular flexibility index (Phi) is 2.12. The molecule has 1 aromatic heterocycles. The molecule has 5 nitrogen and oxygen atoms in total. The quantitative estimate of drug-likeness (QED) is 0.606. The Bertz CT molecular complexity index is 543. The number of H-pyrrole nitrogens is 1. The monoisotopic (exact) mass is 256 g/mol. The van der Waals surface area contributed by atoms with Gasteiger partial charge in [0.05, 0.1) is 5.52 Å². The molecule has 0 aliphatic heterocycles. The molecule has 0 bridgehead atoms. The van der Waals surface area contributed by atoms with Crippen molar-refractivity contribution in [2.24, 2.45) is 0 Å². The van der Waals surface area contributed by atoms with Crippen LogP contribution in [0.25, 0.3) is 11.1 Å². The summed E-state index contributed by atoms with van der Waals surface area (Å²) in [4.78, 5) is 23.6. The van der Waals surface area contributed by atoms with Gasteiger partial charge in [0.25, 0.3) is 4.82 Å². The zero-order chi connectivity index (χ0) is 10.1. The summed E-state index contributed by atoms with van der Waals surface area (Å²) < 4.78 is 4.81. The first-order valence-corrected chi connectivity index (χ1v) is 4.54. The highest BCUT2D eigenvalue weighted by Crippen LogP contribution is 2.16. The largest absolute Gasteiger partial charge is 0.417 e. The van der Waals surface area contributed by atoms with Crippen LogP contribution < -0.4 is 11.1 Å². The van der Waals surface area contributed by atoms with Crippen molar-refractivity contribution in [2.45, 2.75) is 0 Å². The highest BCUT2D eigenvalue weighted by Gasteiger charge is 2.02. The number of carbonyl (C=O) groups is 1. The van der Waals surface area contributed by atoms with Gasteiger partial charge in [0.15, 0.2) is 5.58 Å². The van der Waals surface area contributed by atoms with Gasteiger partial charge in [-0.05, 0) is 12.1 Å². The van der Waals surface area contributed by atoms with Gasteiger partial charge in [-0.3, -0.25) is 9.78 Å². The van der Waals surface area contributed by atoms with E-state index in [1.54, 1.807) is 18.2 Å². The van der Waals surface area contributed by atoms with Crippen LogP contribution in [-0.2, 0) is 0 Å². The summed E-state index contributed by atoms with van der Waals surface area (Å²) in [6.07, 6.45) is 0. The molecule has 2 aromatic rings. The van der Waals surface area contributed by atoms with E-state index < -0.39 is 5.76 Å². The maximum Gasteiger partial charge on any atom is 0.417 e. The second kappa shape index (κ2) is 3.30. The lowest BCUT2D eigenvalue weighted by Crippen LogP contribution is -1.99. The van der Waals surface area contributed by atoms with E-state index in [4.69, 9.17) is 4.42 Å². The summed E-state index contributed by atoms with van der Waals surface area (Å²) >= 11 is 2.73. The molecule has 1 heterocycles. The van der Waals surface area contributed by atoms with Crippen LogP contribution in [-0.4, -0.2) is 9.80 Å². The Morgan fingerprint density at radius 3 is 3.00 bits per heavy atom. The van der Waals surface area contributed by atoms with Crippen molar-refractivity contribution in [1.82, 2.24) is 4.98 Å². The van der Waals surface area contributed by atoms with Gasteiger partial charge in [-0.2, -0.15) is 0 Å². The molecule has 14 heavy (non-hydrogen) atoms. The summed E-state index contributed by atoms with van der Waals surface area (Å²) in [5.41, 5.74) is 1.57. The van der Waals surface area contributed by atoms with Crippen molar-refractivity contribution in [3.05, 3.63) is 28.7 Å². The van der Waals surface area contributed by atoms with Crippen LogP contribution in [0.15, 0.2) is 27.4 Å². The topological polar surface area (TPSA) is 75.1 Å². The van der Waals surface area contributed by atoms with Crippen LogP contribution in [0.1, 0.15) is 0 Å². The molecule has 6 heteroatoms. The minimum Gasteiger partial charge on any atom is -0.408 e. The molecule has 72 valence electrons. The molecule has 0 aliphatic rings. The van der Waals surface area contributed by atoms with Crippen molar-refractivity contribution in [3.8, 4) is 0 Å². The summed E-state index contributed by atoms with van der Waals surface area (Å²) in [6, 6.07) is 4.87. The molecule has 0 radical (unpaired) electrons. The standard InChI is InChI=1S/C8H5BrN2O3/c9-7(12)10-4-1-2-5-6(3-4)14-8(13)11-5/h1-3H,(H,10,12)(H,11,13). The van der Waals surface area contributed by atoms with Crippen LogP contribution in [0.4, 0.5) is 10.5 Å². The number of nitrogens with one attached hydrogen (secondary N) is 2. The SMILES string of the molecule is O=C(Br)Nc1ccc2[nH]c(=O)oc2c1.